The van der Waals surface area contributed by atoms with Crippen LogP contribution in [0.4, 0.5) is 5.82 Å². The van der Waals surface area contributed by atoms with E-state index in [-0.39, 0.29) is 72.5 Å². The molecule has 0 unspecified atom stereocenters. The van der Waals surface area contributed by atoms with Gasteiger partial charge in [0.05, 0.1) is 28.8 Å². The topological polar surface area (TPSA) is 222 Å². The van der Waals surface area contributed by atoms with Crippen LogP contribution in [0.5, 0.6) is 11.5 Å². The largest absolute Gasteiger partial charge is 0.507 e. The fourth-order valence-corrected chi connectivity index (χ4v) is 9.89. The molecule has 2 bridgehead atoms. The summed E-state index contributed by atoms with van der Waals surface area (Å²) in [6.07, 6.45) is 3.44. The number of benzene rings is 2. The molecule has 324 valence electrons. The van der Waals surface area contributed by atoms with Gasteiger partial charge in [-0.3, -0.25) is 19.2 Å². The fourth-order valence-electron chi connectivity index (χ4n) is 9.08. The molecule has 4 aliphatic rings. The SMILES string of the molecule is Cc1ncsc1-c1ccc(CNC(=O)[C@@H]2C[C@@H](O)CN2C(=O)[C@@H](NC(=O)CCCCC(=O)NCC23CC(COc4cc(-c5ccccc5O)nnc4N)(C2)C3)C(C)(C)C)cc1. The molecule has 4 amide bonds. The van der Waals surface area contributed by atoms with E-state index < -0.39 is 29.5 Å². The number of aliphatic hydroxyl groups is 1. The molecular weight excluding hydrogens is 797 g/mol. The number of likely N-dealkylation sites (tertiary alicyclic amines) is 1. The van der Waals surface area contributed by atoms with Crippen LogP contribution in [-0.4, -0.2) is 91.8 Å². The fraction of sp³-hybridized carbons (Fsp3) is 0.489. The van der Waals surface area contributed by atoms with Crippen molar-refractivity contribution in [3.05, 3.63) is 71.4 Å². The zero-order chi connectivity index (χ0) is 43.5. The van der Waals surface area contributed by atoms with E-state index in [2.05, 4.69) is 31.1 Å². The normalized spacial score (nSPS) is 22.1. The van der Waals surface area contributed by atoms with Crippen LogP contribution in [0.3, 0.4) is 0 Å². The summed E-state index contributed by atoms with van der Waals surface area (Å²) in [6, 6.07) is 14.6. The average molecular weight is 853 g/mol. The molecule has 0 radical (unpaired) electrons. The highest BCUT2D eigenvalue weighted by molar-refractivity contribution is 7.13. The second-order valence-electron chi connectivity index (χ2n) is 18.2. The number of aryl methyl sites for hydroxylation is 1. The van der Waals surface area contributed by atoms with Crippen molar-refractivity contribution in [1.29, 1.82) is 0 Å². The number of amides is 4. The van der Waals surface area contributed by atoms with E-state index >= 15 is 0 Å². The van der Waals surface area contributed by atoms with Gasteiger partial charge in [0, 0.05) is 55.9 Å². The molecule has 16 heteroatoms. The van der Waals surface area contributed by atoms with Gasteiger partial charge >= 0.3 is 0 Å². The molecule has 3 saturated carbocycles. The first-order valence-corrected chi connectivity index (χ1v) is 21.8. The zero-order valence-corrected chi connectivity index (χ0v) is 36.0. The van der Waals surface area contributed by atoms with Crippen LogP contribution in [0.25, 0.3) is 21.7 Å². The third kappa shape index (κ3) is 9.97. The van der Waals surface area contributed by atoms with E-state index in [1.807, 2.05) is 57.5 Å². The molecule has 4 fully saturated rings. The molecule has 3 aliphatic carbocycles. The number of carbonyl (C=O) groups excluding carboxylic acids is 4. The number of β-amino-alcohol motifs (C(OH)–C–C–N with tert-alkyl or cyclic N) is 1. The number of nitrogen functional groups attached to an aromatic ring is 1. The first-order valence-electron chi connectivity index (χ1n) is 20.9. The van der Waals surface area contributed by atoms with E-state index in [0.29, 0.717) is 43.0 Å². The van der Waals surface area contributed by atoms with Crippen LogP contribution in [0, 0.1) is 23.2 Å². The van der Waals surface area contributed by atoms with Crippen molar-refractivity contribution >= 4 is 40.8 Å². The summed E-state index contributed by atoms with van der Waals surface area (Å²) in [7, 11) is 0. The van der Waals surface area contributed by atoms with Gasteiger partial charge in [-0.2, -0.15) is 0 Å². The lowest BCUT2D eigenvalue weighted by Crippen LogP contribution is -2.67. The number of hydrogen-bond donors (Lipinski definition) is 6. The van der Waals surface area contributed by atoms with Crippen LogP contribution < -0.4 is 26.4 Å². The summed E-state index contributed by atoms with van der Waals surface area (Å²) in [4.78, 5) is 60.1. The lowest BCUT2D eigenvalue weighted by molar-refractivity contribution is -0.215. The number of aromatic hydroxyl groups is 1. The number of anilines is 1. The Morgan fingerprint density at radius 3 is 2.36 bits per heavy atom. The lowest BCUT2D eigenvalue weighted by atomic mass is 9.35. The summed E-state index contributed by atoms with van der Waals surface area (Å²) in [5.74, 6) is -0.459. The number of aliphatic hydroxyl groups excluding tert-OH is 1. The second kappa shape index (κ2) is 17.8. The Morgan fingerprint density at radius 1 is 0.984 bits per heavy atom. The van der Waals surface area contributed by atoms with Crippen molar-refractivity contribution in [2.24, 2.45) is 16.2 Å². The van der Waals surface area contributed by atoms with Crippen molar-refractivity contribution in [3.63, 3.8) is 0 Å². The third-order valence-corrected chi connectivity index (χ3v) is 13.2. The van der Waals surface area contributed by atoms with Crippen LogP contribution in [0.2, 0.25) is 0 Å². The summed E-state index contributed by atoms with van der Waals surface area (Å²) < 4.78 is 6.10. The summed E-state index contributed by atoms with van der Waals surface area (Å²) >= 11 is 1.57. The molecule has 2 aromatic carbocycles. The van der Waals surface area contributed by atoms with Crippen LogP contribution in [-0.2, 0) is 25.7 Å². The van der Waals surface area contributed by atoms with Gasteiger partial charge in [0.1, 0.15) is 23.5 Å². The number of rotatable bonds is 17. The summed E-state index contributed by atoms with van der Waals surface area (Å²) in [6.45, 7) is 8.84. The molecule has 15 nitrogen and oxygen atoms in total. The number of nitrogens with one attached hydrogen (secondary N) is 3. The van der Waals surface area contributed by atoms with Gasteiger partial charge in [0.25, 0.3) is 0 Å². The first-order chi connectivity index (χ1) is 29.0. The number of para-hydroxylation sites is 1. The highest BCUT2D eigenvalue weighted by Gasteiger charge is 2.67. The lowest BCUT2D eigenvalue weighted by Gasteiger charge is -2.70. The molecule has 3 heterocycles. The van der Waals surface area contributed by atoms with Gasteiger partial charge in [0.2, 0.25) is 23.6 Å². The zero-order valence-electron chi connectivity index (χ0n) is 35.2. The minimum absolute atomic E-state index is 0.00537. The minimum Gasteiger partial charge on any atom is -0.507 e. The number of phenolic OH excluding ortho intramolecular Hbond substituents is 1. The molecule has 1 aliphatic heterocycles. The van der Waals surface area contributed by atoms with E-state index in [9.17, 15) is 29.4 Å². The summed E-state index contributed by atoms with van der Waals surface area (Å²) in [5, 5.41) is 37.8. The molecule has 4 aromatic rings. The number of carbonyl (C=O) groups is 4. The minimum atomic E-state index is -0.923. The Hall–Kier alpha value is -5.61. The smallest absolute Gasteiger partial charge is 0.246 e. The van der Waals surface area contributed by atoms with Crippen LogP contribution in [0.1, 0.15) is 83.4 Å². The molecule has 0 spiro atoms. The van der Waals surface area contributed by atoms with E-state index in [1.165, 1.54) is 4.90 Å². The van der Waals surface area contributed by atoms with Crippen LogP contribution in [0.15, 0.2) is 60.1 Å². The Bertz CT molecular complexity index is 2240. The van der Waals surface area contributed by atoms with Gasteiger partial charge < -0.3 is 41.5 Å². The number of phenols is 1. The number of unbranched alkanes of at least 4 members (excludes halogenated alkanes) is 1. The number of thiazole rings is 1. The maximum atomic E-state index is 14.0. The van der Waals surface area contributed by atoms with Crippen molar-refractivity contribution in [2.75, 3.05) is 25.4 Å². The van der Waals surface area contributed by atoms with E-state index in [4.69, 9.17) is 10.5 Å². The Labute approximate surface area is 359 Å². The van der Waals surface area contributed by atoms with Crippen molar-refractivity contribution in [2.45, 2.75) is 104 Å². The predicted octanol–water partition coefficient (Wildman–Crippen LogP) is 4.90. The molecule has 3 atom stereocenters. The van der Waals surface area contributed by atoms with Gasteiger partial charge in [-0.1, -0.05) is 57.2 Å². The molecule has 1 saturated heterocycles. The maximum absolute atomic E-state index is 14.0. The van der Waals surface area contributed by atoms with Crippen molar-refractivity contribution < 1.29 is 34.1 Å². The first kappa shape index (κ1) is 43.5. The number of aromatic nitrogens is 3. The number of nitrogens with two attached hydrogens (primary N) is 1. The standard InChI is InChI=1S/C45H56N8O7S/c1-27-38(61-26-49-27)29-15-13-28(14-16-29)19-47-41(58)33-17-30(54)20-53(33)42(59)39(43(2,3)4)50-37(57)12-8-7-11-36(56)48-24-44-21-45(22-44,23-44)25-60-35-18-32(51-52-40(35)46)31-9-5-6-10-34(31)55/h5-6,9-10,13-16,18,26,30,33,39,54-55H,7-8,11-12,17,19-25H2,1-4H3,(H2,46,52)(H,47,58)(H,48,56)(H,50,57)/t30-,33+,39-,44?,45?/m1/s1. The van der Waals surface area contributed by atoms with Crippen LogP contribution >= 0.6 is 11.3 Å². The monoisotopic (exact) mass is 852 g/mol. The Balaban J connectivity index is 0.810. The third-order valence-electron chi connectivity index (χ3n) is 12.2. The molecule has 61 heavy (non-hydrogen) atoms. The van der Waals surface area contributed by atoms with Gasteiger partial charge in [-0.05, 0) is 73.1 Å². The highest BCUT2D eigenvalue weighted by atomic mass is 32.1. The number of hydrogen-bond acceptors (Lipinski definition) is 12. The second-order valence-corrected chi connectivity index (χ2v) is 19.1. The summed E-state index contributed by atoms with van der Waals surface area (Å²) in [5.41, 5.74) is 11.2. The van der Waals surface area contributed by atoms with Gasteiger partial charge in [-0.25, -0.2) is 4.98 Å². The Kier molecular flexibility index (Phi) is 12.7. The number of ether oxygens (including phenoxy) is 1. The maximum Gasteiger partial charge on any atom is 0.246 e. The molecule has 2 aromatic heterocycles. The van der Waals surface area contributed by atoms with Gasteiger partial charge in [-0.15, -0.1) is 21.5 Å². The molecule has 8 rings (SSSR count). The molecule has 7 N–H and O–H groups in total. The Morgan fingerprint density at radius 2 is 1.69 bits per heavy atom. The van der Waals surface area contributed by atoms with E-state index in [0.717, 1.165) is 41.0 Å². The average Bonchev–Trinajstić information content (AvgIpc) is 3.82. The van der Waals surface area contributed by atoms with Crippen molar-refractivity contribution in [1.82, 2.24) is 36.0 Å². The number of nitrogens with zero attached hydrogens (tertiary/aromatic N) is 4. The van der Waals surface area contributed by atoms with Gasteiger partial charge in [0.15, 0.2) is 11.6 Å². The quantitative estimate of drug-likeness (QED) is 0.0785. The molecular formula is C45H56N8O7S. The van der Waals surface area contributed by atoms with Crippen molar-refractivity contribution in [3.8, 4) is 33.2 Å². The van der Waals surface area contributed by atoms with E-state index in [1.54, 1.807) is 41.7 Å². The predicted molar refractivity (Wildman–Crippen MR) is 231 cm³/mol. The highest BCUT2D eigenvalue weighted by Crippen LogP contribution is 2.73.